The number of ether oxygens (including phenoxy) is 1. The molecule has 8 nitrogen and oxygen atoms in total. The van der Waals surface area contributed by atoms with Crippen molar-refractivity contribution in [1.29, 1.82) is 0 Å². The van der Waals surface area contributed by atoms with Crippen molar-refractivity contribution in [3.63, 3.8) is 0 Å². The molecule has 5 rings (SSSR count). The number of hydrogen-bond donors (Lipinski definition) is 1. The molecule has 3 aromatic rings. The molecule has 2 fully saturated rings. The Labute approximate surface area is 205 Å². The number of piperidine rings is 1. The Hall–Kier alpha value is -3.39. The standard InChI is InChI=1S/C27H33N5O3/c1-27(2,3)35-26(34)31-16-22(17-31)30-13-11-19(12-14-30)18-7-9-21(10-8-18)32-15-20-5-4-6-23(25(28)33)24(20)29-32/h4-10,15,19,22H,11-14,16-17H2,1-3H3,(H2,28,33). The zero-order chi connectivity index (χ0) is 24.7. The maximum Gasteiger partial charge on any atom is 0.410 e. The van der Waals surface area contributed by atoms with Crippen LogP contribution in [0.5, 0.6) is 0 Å². The number of likely N-dealkylation sites (tertiary alicyclic amines) is 2. The maximum absolute atomic E-state index is 12.2. The summed E-state index contributed by atoms with van der Waals surface area (Å²) in [4.78, 5) is 28.2. The summed E-state index contributed by atoms with van der Waals surface area (Å²) in [7, 11) is 0. The highest BCUT2D eigenvalue weighted by molar-refractivity contribution is 6.04. The lowest BCUT2D eigenvalue weighted by Gasteiger charge is -2.47. The lowest BCUT2D eigenvalue weighted by atomic mass is 9.88. The van der Waals surface area contributed by atoms with Crippen LogP contribution in [0, 0.1) is 0 Å². The van der Waals surface area contributed by atoms with Crippen molar-refractivity contribution in [2.24, 2.45) is 5.73 Å². The van der Waals surface area contributed by atoms with Gasteiger partial charge in [-0.15, -0.1) is 0 Å². The molecule has 0 atom stereocenters. The molecule has 0 unspecified atom stereocenters. The van der Waals surface area contributed by atoms with E-state index in [9.17, 15) is 9.59 Å². The smallest absolute Gasteiger partial charge is 0.410 e. The topological polar surface area (TPSA) is 93.7 Å². The summed E-state index contributed by atoms with van der Waals surface area (Å²) in [6, 6.07) is 14.4. The molecule has 35 heavy (non-hydrogen) atoms. The number of fused-ring (bicyclic) bond motifs is 1. The van der Waals surface area contributed by atoms with Crippen LogP contribution in [0.1, 0.15) is 55.5 Å². The zero-order valence-corrected chi connectivity index (χ0v) is 20.6. The molecule has 0 radical (unpaired) electrons. The van der Waals surface area contributed by atoms with Gasteiger partial charge in [0.25, 0.3) is 5.91 Å². The molecule has 2 N–H and O–H groups in total. The second-order valence-electron chi connectivity index (χ2n) is 10.6. The van der Waals surface area contributed by atoms with Gasteiger partial charge in [-0.25, -0.2) is 9.48 Å². The summed E-state index contributed by atoms with van der Waals surface area (Å²) in [6.45, 7) is 9.29. The first-order chi connectivity index (χ1) is 16.7. The van der Waals surface area contributed by atoms with Gasteiger partial charge in [-0.3, -0.25) is 9.69 Å². The third kappa shape index (κ3) is 4.89. The van der Waals surface area contributed by atoms with Crippen LogP contribution in [-0.4, -0.2) is 69.4 Å². The van der Waals surface area contributed by atoms with E-state index in [1.165, 1.54) is 5.56 Å². The van der Waals surface area contributed by atoms with Crippen molar-refractivity contribution < 1.29 is 14.3 Å². The van der Waals surface area contributed by atoms with Gasteiger partial charge in [-0.2, -0.15) is 5.10 Å². The second-order valence-corrected chi connectivity index (χ2v) is 10.6. The molecule has 184 valence electrons. The molecule has 2 aromatic carbocycles. The van der Waals surface area contributed by atoms with E-state index in [4.69, 9.17) is 10.5 Å². The van der Waals surface area contributed by atoms with Crippen LogP contribution in [0.2, 0.25) is 0 Å². The number of carbonyl (C=O) groups is 2. The first-order valence-corrected chi connectivity index (χ1v) is 12.3. The molecule has 0 saturated carbocycles. The van der Waals surface area contributed by atoms with Crippen LogP contribution in [0.15, 0.2) is 48.7 Å². The van der Waals surface area contributed by atoms with Gasteiger partial charge in [0.1, 0.15) is 11.1 Å². The number of nitrogens with two attached hydrogens (primary N) is 1. The Morgan fingerprint density at radius 3 is 2.34 bits per heavy atom. The molecule has 3 heterocycles. The first kappa shape index (κ1) is 23.4. The Morgan fingerprint density at radius 1 is 1.03 bits per heavy atom. The molecule has 2 saturated heterocycles. The minimum atomic E-state index is -0.470. The minimum absolute atomic E-state index is 0.209. The van der Waals surface area contributed by atoms with E-state index in [1.807, 2.05) is 39.1 Å². The van der Waals surface area contributed by atoms with Gasteiger partial charge in [-0.1, -0.05) is 24.3 Å². The van der Waals surface area contributed by atoms with E-state index in [-0.39, 0.29) is 6.09 Å². The SMILES string of the molecule is CC(C)(C)OC(=O)N1CC(N2CCC(c3ccc(-n4cc5cccc(C(N)=O)c5n4)cc3)CC2)C1. The fourth-order valence-electron chi connectivity index (χ4n) is 5.04. The van der Waals surface area contributed by atoms with E-state index in [0.29, 0.717) is 23.0 Å². The summed E-state index contributed by atoms with van der Waals surface area (Å²) >= 11 is 0. The highest BCUT2D eigenvalue weighted by Crippen LogP contribution is 2.31. The van der Waals surface area contributed by atoms with Crippen LogP contribution >= 0.6 is 0 Å². The number of aromatic nitrogens is 2. The fourth-order valence-corrected chi connectivity index (χ4v) is 5.04. The molecule has 2 amide bonds. The number of primary amides is 1. The summed E-state index contributed by atoms with van der Waals surface area (Å²) in [5.41, 5.74) is 8.40. The van der Waals surface area contributed by atoms with E-state index >= 15 is 0 Å². The van der Waals surface area contributed by atoms with Gasteiger partial charge >= 0.3 is 6.09 Å². The van der Waals surface area contributed by atoms with Gasteiger partial charge in [0.2, 0.25) is 0 Å². The maximum atomic E-state index is 12.2. The molecule has 1 aromatic heterocycles. The third-order valence-electron chi connectivity index (χ3n) is 6.99. The van der Waals surface area contributed by atoms with Crippen LogP contribution in [0.4, 0.5) is 4.79 Å². The Kier molecular flexibility index (Phi) is 6.01. The molecular weight excluding hydrogens is 442 g/mol. The van der Waals surface area contributed by atoms with Gasteiger partial charge < -0.3 is 15.4 Å². The van der Waals surface area contributed by atoms with Crippen molar-refractivity contribution in [2.75, 3.05) is 26.2 Å². The molecule has 0 spiro atoms. The summed E-state index contributed by atoms with van der Waals surface area (Å²) < 4.78 is 7.27. The predicted molar refractivity (Wildman–Crippen MR) is 135 cm³/mol. The lowest BCUT2D eigenvalue weighted by molar-refractivity contribution is -0.0196. The van der Waals surface area contributed by atoms with Crippen molar-refractivity contribution in [3.05, 3.63) is 59.8 Å². The average Bonchev–Trinajstić information content (AvgIpc) is 3.22. The second kappa shape index (κ2) is 9.00. The molecule has 2 aliphatic heterocycles. The van der Waals surface area contributed by atoms with E-state index in [1.54, 1.807) is 15.6 Å². The number of rotatable bonds is 4. The van der Waals surface area contributed by atoms with E-state index in [2.05, 4.69) is 34.3 Å². The third-order valence-corrected chi connectivity index (χ3v) is 6.99. The summed E-state index contributed by atoms with van der Waals surface area (Å²) in [5, 5.41) is 5.49. The normalized spacial score (nSPS) is 18.0. The van der Waals surface area contributed by atoms with Crippen LogP contribution in [0.3, 0.4) is 0 Å². The quantitative estimate of drug-likeness (QED) is 0.617. The van der Waals surface area contributed by atoms with Crippen molar-refractivity contribution in [2.45, 2.75) is 51.2 Å². The van der Waals surface area contributed by atoms with Gasteiger partial charge in [0.05, 0.1) is 11.3 Å². The van der Waals surface area contributed by atoms with E-state index < -0.39 is 11.5 Å². The van der Waals surface area contributed by atoms with Crippen molar-refractivity contribution in [3.8, 4) is 5.69 Å². The van der Waals surface area contributed by atoms with Crippen molar-refractivity contribution >= 4 is 22.9 Å². The Bertz CT molecular complexity index is 1230. The van der Waals surface area contributed by atoms with E-state index in [0.717, 1.165) is 50.1 Å². The average molecular weight is 476 g/mol. The Morgan fingerprint density at radius 2 is 1.71 bits per heavy atom. The van der Waals surface area contributed by atoms with Crippen molar-refractivity contribution in [1.82, 2.24) is 19.6 Å². The molecule has 2 aliphatic rings. The lowest BCUT2D eigenvalue weighted by Crippen LogP contribution is -2.62. The number of benzene rings is 2. The number of amides is 2. The molecule has 8 heteroatoms. The largest absolute Gasteiger partial charge is 0.444 e. The number of carbonyl (C=O) groups excluding carboxylic acids is 2. The fraction of sp³-hybridized carbons (Fsp3) is 0.444. The zero-order valence-electron chi connectivity index (χ0n) is 20.6. The number of hydrogen-bond acceptors (Lipinski definition) is 5. The highest BCUT2D eigenvalue weighted by atomic mass is 16.6. The molecule has 0 bridgehead atoms. The summed E-state index contributed by atoms with van der Waals surface area (Å²) in [5.74, 6) is 0.0579. The number of nitrogens with zero attached hydrogens (tertiary/aromatic N) is 4. The van der Waals surface area contributed by atoms with Crippen LogP contribution in [0.25, 0.3) is 16.6 Å². The van der Waals surface area contributed by atoms with Gasteiger partial charge in [-0.05, 0) is 76.4 Å². The van der Waals surface area contributed by atoms with Crippen LogP contribution < -0.4 is 5.73 Å². The van der Waals surface area contributed by atoms with Gasteiger partial charge in [0, 0.05) is 30.7 Å². The molecule has 0 aliphatic carbocycles. The first-order valence-electron chi connectivity index (χ1n) is 12.3. The predicted octanol–water partition coefficient (Wildman–Crippen LogP) is 3.92. The summed E-state index contributed by atoms with van der Waals surface area (Å²) in [6.07, 6.45) is 3.93. The highest BCUT2D eigenvalue weighted by Gasteiger charge is 2.38. The molecular formula is C27H33N5O3. The monoisotopic (exact) mass is 475 g/mol. The Balaban J connectivity index is 1.17. The van der Waals surface area contributed by atoms with Gasteiger partial charge in [0.15, 0.2) is 0 Å². The van der Waals surface area contributed by atoms with Crippen LogP contribution in [-0.2, 0) is 4.74 Å². The minimum Gasteiger partial charge on any atom is -0.444 e.